The molecule has 0 amide bonds. The van der Waals surface area contributed by atoms with E-state index in [9.17, 15) is 10.1 Å². The van der Waals surface area contributed by atoms with Crippen LogP contribution < -0.4 is 5.73 Å². The lowest BCUT2D eigenvalue weighted by atomic mass is 9.69. The van der Waals surface area contributed by atoms with Gasteiger partial charge in [0.25, 0.3) is 0 Å². The monoisotopic (exact) mass is 337 g/mol. The van der Waals surface area contributed by atoms with E-state index in [1.54, 1.807) is 17.4 Å². The average Bonchev–Trinajstić information content (AvgIpc) is 2.53. The summed E-state index contributed by atoms with van der Waals surface area (Å²) in [5.41, 5.74) is 9.01. The smallest absolute Gasteiger partial charge is 0.162 e. The van der Waals surface area contributed by atoms with Gasteiger partial charge in [0.15, 0.2) is 5.78 Å². The summed E-state index contributed by atoms with van der Waals surface area (Å²) in [6.07, 6.45) is 4.57. The van der Waals surface area contributed by atoms with Crippen LogP contribution in [0, 0.1) is 16.7 Å². The number of hydrogen-bond donors (Lipinski definition) is 1. The molecule has 130 valence electrons. The van der Waals surface area contributed by atoms with Gasteiger partial charge in [-0.2, -0.15) is 5.26 Å². The number of aromatic nitrogens is 1. The van der Waals surface area contributed by atoms with Crippen LogP contribution in [0.5, 0.6) is 0 Å². The maximum atomic E-state index is 13.1. The van der Waals surface area contributed by atoms with Crippen LogP contribution in [-0.4, -0.2) is 34.9 Å². The molecule has 0 aromatic carbocycles. The normalized spacial score (nSPS) is 23.0. The third-order valence-electron chi connectivity index (χ3n) is 4.77. The highest BCUT2D eigenvalue weighted by Crippen LogP contribution is 2.48. The zero-order chi connectivity index (χ0) is 18.4. The van der Waals surface area contributed by atoms with Crippen LogP contribution in [0.2, 0.25) is 0 Å². The van der Waals surface area contributed by atoms with E-state index in [2.05, 4.69) is 24.9 Å². The minimum atomic E-state index is -0.450. The first-order chi connectivity index (χ1) is 11.8. The number of hydrazine groups is 1. The van der Waals surface area contributed by atoms with Crippen molar-refractivity contribution in [1.82, 2.24) is 15.0 Å². The number of pyridine rings is 1. The first-order valence-corrected chi connectivity index (χ1v) is 8.30. The molecule has 0 saturated heterocycles. The molecule has 0 spiro atoms. The van der Waals surface area contributed by atoms with Crippen molar-refractivity contribution in [2.24, 2.45) is 11.1 Å². The van der Waals surface area contributed by atoms with Crippen molar-refractivity contribution in [3.8, 4) is 6.07 Å². The summed E-state index contributed by atoms with van der Waals surface area (Å²) >= 11 is 0. The molecule has 0 saturated carbocycles. The topological polar surface area (TPSA) is 86.2 Å². The lowest BCUT2D eigenvalue weighted by Crippen LogP contribution is -2.47. The molecule has 6 heteroatoms. The predicted molar refractivity (Wildman–Crippen MR) is 94.4 cm³/mol. The number of hydrogen-bond acceptors (Lipinski definition) is 6. The van der Waals surface area contributed by atoms with Crippen molar-refractivity contribution in [2.75, 3.05) is 14.1 Å². The first-order valence-electron chi connectivity index (χ1n) is 8.30. The van der Waals surface area contributed by atoms with Gasteiger partial charge < -0.3 is 5.73 Å². The van der Waals surface area contributed by atoms with Crippen molar-refractivity contribution in [3.05, 3.63) is 52.8 Å². The number of carbonyl (C=O) groups is 1. The molecule has 0 fully saturated rings. The Morgan fingerprint density at radius 1 is 1.40 bits per heavy atom. The lowest BCUT2D eigenvalue weighted by Gasteiger charge is -2.45. The Morgan fingerprint density at radius 3 is 2.68 bits per heavy atom. The first kappa shape index (κ1) is 17.2. The zero-order valence-electron chi connectivity index (χ0n) is 15.1. The van der Waals surface area contributed by atoms with Gasteiger partial charge in [-0.15, -0.1) is 0 Å². The maximum absolute atomic E-state index is 13.1. The third-order valence-corrected chi connectivity index (χ3v) is 4.77. The summed E-state index contributed by atoms with van der Waals surface area (Å²) in [7, 11) is 3.73. The molecule has 1 aromatic rings. The van der Waals surface area contributed by atoms with E-state index in [1.165, 1.54) is 0 Å². The standard InChI is InChI=1S/C19H23N5O/c1-19(2)8-14-17(15(25)9-19)16(12-6-5-7-22-11-12)13(10-20)18(21)24(14)23(3)4/h5-7,11,16H,8-9,21H2,1-4H3/t16-/m0/s1. The molecule has 2 aliphatic rings. The van der Waals surface area contributed by atoms with Gasteiger partial charge in [0.2, 0.25) is 0 Å². The predicted octanol–water partition coefficient (Wildman–Crippen LogP) is 2.29. The van der Waals surface area contributed by atoms with Gasteiger partial charge in [-0.1, -0.05) is 19.9 Å². The second-order valence-electron chi connectivity index (χ2n) is 7.59. The van der Waals surface area contributed by atoms with Crippen LogP contribution in [0.1, 0.15) is 38.2 Å². The largest absolute Gasteiger partial charge is 0.383 e. The summed E-state index contributed by atoms with van der Waals surface area (Å²) < 4.78 is 0. The van der Waals surface area contributed by atoms with Gasteiger partial charge in [0.05, 0.1) is 17.6 Å². The number of nitriles is 1. The van der Waals surface area contributed by atoms with Crippen LogP contribution in [0.3, 0.4) is 0 Å². The highest BCUT2D eigenvalue weighted by Gasteiger charge is 2.44. The molecular weight excluding hydrogens is 314 g/mol. The summed E-state index contributed by atoms with van der Waals surface area (Å²) in [4.78, 5) is 17.2. The number of rotatable bonds is 2. The minimum Gasteiger partial charge on any atom is -0.383 e. The van der Waals surface area contributed by atoms with Crippen LogP contribution in [0.15, 0.2) is 47.2 Å². The summed E-state index contributed by atoms with van der Waals surface area (Å²) in [5, 5.41) is 13.4. The van der Waals surface area contributed by atoms with E-state index >= 15 is 0 Å². The Hall–Kier alpha value is -2.65. The highest BCUT2D eigenvalue weighted by atomic mass is 16.1. The molecule has 0 bridgehead atoms. The van der Waals surface area contributed by atoms with Gasteiger partial charge >= 0.3 is 0 Å². The number of nitrogens with zero attached hydrogens (tertiary/aromatic N) is 4. The van der Waals surface area contributed by atoms with Crippen molar-refractivity contribution in [2.45, 2.75) is 32.6 Å². The number of allylic oxidation sites excluding steroid dienone is 3. The van der Waals surface area contributed by atoms with E-state index in [0.29, 0.717) is 23.4 Å². The summed E-state index contributed by atoms with van der Waals surface area (Å²) in [6.45, 7) is 4.17. The van der Waals surface area contributed by atoms with E-state index in [-0.39, 0.29) is 11.2 Å². The van der Waals surface area contributed by atoms with Gasteiger partial charge in [-0.05, 0) is 23.5 Å². The molecule has 6 nitrogen and oxygen atoms in total. The van der Waals surface area contributed by atoms with Crippen LogP contribution >= 0.6 is 0 Å². The quantitative estimate of drug-likeness (QED) is 0.891. The van der Waals surface area contributed by atoms with E-state index < -0.39 is 5.92 Å². The summed E-state index contributed by atoms with van der Waals surface area (Å²) in [5.74, 6) is 0.00584. The molecule has 1 aromatic heterocycles. The second kappa shape index (κ2) is 6.01. The second-order valence-corrected chi connectivity index (χ2v) is 7.59. The minimum absolute atomic E-state index is 0.0761. The van der Waals surface area contributed by atoms with E-state index in [1.807, 2.05) is 31.2 Å². The molecule has 2 N–H and O–H groups in total. The van der Waals surface area contributed by atoms with Crippen LogP contribution in [-0.2, 0) is 4.79 Å². The molecule has 1 aliphatic carbocycles. The molecule has 3 rings (SSSR count). The molecular formula is C19H23N5O. The number of carbonyl (C=O) groups excluding carboxylic acids is 1. The van der Waals surface area contributed by atoms with Crippen LogP contribution in [0.25, 0.3) is 0 Å². The van der Waals surface area contributed by atoms with Gasteiger partial charge in [0, 0.05) is 44.2 Å². The Kier molecular flexibility index (Phi) is 4.13. The van der Waals surface area contributed by atoms with Gasteiger partial charge in [-0.25, -0.2) is 5.01 Å². The van der Waals surface area contributed by atoms with Gasteiger partial charge in [-0.3, -0.25) is 14.8 Å². The summed E-state index contributed by atoms with van der Waals surface area (Å²) in [6, 6.07) is 5.94. The Balaban J connectivity index is 2.28. The fourth-order valence-electron chi connectivity index (χ4n) is 3.83. The highest BCUT2D eigenvalue weighted by molar-refractivity contribution is 6.00. The number of ketones is 1. The van der Waals surface area contributed by atoms with Crippen LogP contribution in [0.4, 0.5) is 0 Å². The maximum Gasteiger partial charge on any atom is 0.162 e. The molecule has 1 atom stereocenters. The molecule has 25 heavy (non-hydrogen) atoms. The Morgan fingerprint density at radius 2 is 2.12 bits per heavy atom. The Bertz CT molecular complexity index is 814. The number of nitrogens with two attached hydrogens (primary N) is 1. The molecule has 1 aliphatic heterocycles. The average molecular weight is 337 g/mol. The molecule has 0 radical (unpaired) electrons. The SMILES string of the molecule is CN(C)N1C(N)=C(C#N)[C@H](c2cccnc2)C2=C1CC(C)(C)CC2=O. The molecule has 2 heterocycles. The van der Waals surface area contributed by atoms with Gasteiger partial charge in [0.1, 0.15) is 5.82 Å². The fourth-order valence-corrected chi connectivity index (χ4v) is 3.83. The fraction of sp³-hybridized carbons (Fsp3) is 0.421. The van der Waals surface area contributed by atoms with Crippen molar-refractivity contribution < 1.29 is 4.79 Å². The van der Waals surface area contributed by atoms with Crippen molar-refractivity contribution >= 4 is 5.78 Å². The molecule has 0 unspecified atom stereocenters. The Labute approximate surface area is 148 Å². The van der Waals surface area contributed by atoms with Crippen molar-refractivity contribution in [1.29, 1.82) is 5.26 Å². The number of Topliss-reactive ketones (excluding diaryl/α,β-unsaturated/α-hetero) is 1. The van der Waals surface area contributed by atoms with Crippen molar-refractivity contribution in [3.63, 3.8) is 0 Å². The lowest BCUT2D eigenvalue weighted by molar-refractivity contribution is -0.119. The van der Waals surface area contributed by atoms with E-state index in [0.717, 1.165) is 17.7 Å². The third kappa shape index (κ3) is 2.81. The van der Waals surface area contributed by atoms with E-state index in [4.69, 9.17) is 5.73 Å². The zero-order valence-corrected chi connectivity index (χ0v) is 15.1.